The van der Waals surface area contributed by atoms with Gasteiger partial charge in [0.25, 0.3) is 5.56 Å². The summed E-state index contributed by atoms with van der Waals surface area (Å²) in [5.74, 6) is 0.392. The highest BCUT2D eigenvalue weighted by Crippen LogP contribution is 2.29. The van der Waals surface area contributed by atoms with Crippen molar-refractivity contribution < 1.29 is 9.53 Å². The van der Waals surface area contributed by atoms with Gasteiger partial charge in [0, 0.05) is 31.4 Å². The zero-order chi connectivity index (χ0) is 24.8. The number of nitrogens with zero attached hydrogens (tertiary/aromatic N) is 3. The maximum absolute atomic E-state index is 13.1. The first-order valence-corrected chi connectivity index (χ1v) is 11.7. The molecule has 7 heteroatoms. The minimum Gasteiger partial charge on any atom is -0.493 e. The molecule has 1 heterocycles. The topological polar surface area (TPSA) is 73.5 Å². The van der Waals surface area contributed by atoms with Crippen molar-refractivity contribution in [2.75, 3.05) is 13.7 Å². The van der Waals surface area contributed by atoms with E-state index in [0.29, 0.717) is 19.7 Å². The second-order valence-electron chi connectivity index (χ2n) is 8.50. The molecule has 0 aliphatic rings. The van der Waals surface area contributed by atoms with Crippen molar-refractivity contribution >= 4 is 16.7 Å². The number of fused-ring (bicyclic) bond motifs is 1. The van der Waals surface area contributed by atoms with Gasteiger partial charge in [-0.1, -0.05) is 67.6 Å². The average molecular weight is 472 g/mol. The molecular weight excluding hydrogens is 442 g/mol. The Morgan fingerprint density at radius 1 is 0.943 bits per heavy atom. The normalized spacial score (nSPS) is 10.9. The van der Waals surface area contributed by atoms with Gasteiger partial charge in [-0.05, 0) is 28.8 Å². The minimum absolute atomic E-state index is 0.291. The standard InChI is InChI=1S/C28H29N3O4/c1-3-17-35-25-14-13-22-11-7-8-12-23(22)24(25)19-29(2)27(33)20-31-26(32)15-16-30(28(31)34)18-21-9-5-4-6-10-21/h4-16H,3,17-20H2,1-2H3. The molecule has 35 heavy (non-hydrogen) atoms. The maximum atomic E-state index is 13.1. The van der Waals surface area contributed by atoms with Crippen LogP contribution in [-0.2, 0) is 24.4 Å². The molecule has 0 saturated carbocycles. The number of amides is 1. The molecule has 4 aromatic rings. The molecule has 180 valence electrons. The molecule has 3 aromatic carbocycles. The summed E-state index contributed by atoms with van der Waals surface area (Å²) in [4.78, 5) is 40.1. The van der Waals surface area contributed by atoms with E-state index in [2.05, 4.69) is 0 Å². The number of benzene rings is 3. The number of aromatic nitrogens is 2. The number of hydrogen-bond acceptors (Lipinski definition) is 4. The Balaban J connectivity index is 1.58. The van der Waals surface area contributed by atoms with Gasteiger partial charge in [0.2, 0.25) is 5.91 Å². The molecule has 1 amide bonds. The van der Waals surface area contributed by atoms with Crippen molar-refractivity contribution in [3.8, 4) is 5.75 Å². The van der Waals surface area contributed by atoms with Crippen molar-refractivity contribution in [1.82, 2.24) is 14.0 Å². The zero-order valence-electron chi connectivity index (χ0n) is 20.0. The van der Waals surface area contributed by atoms with Gasteiger partial charge in [0.15, 0.2) is 0 Å². The third kappa shape index (κ3) is 5.51. The second-order valence-corrected chi connectivity index (χ2v) is 8.50. The van der Waals surface area contributed by atoms with E-state index in [1.165, 1.54) is 21.7 Å². The summed E-state index contributed by atoms with van der Waals surface area (Å²) < 4.78 is 8.38. The van der Waals surface area contributed by atoms with E-state index in [1.54, 1.807) is 7.05 Å². The third-order valence-electron chi connectivity index (χ3n) is 5.91. The van der Waals surface area contributed by atoms with E-state index in [0.717, 1.165) is 38.6 Å². The van der Waals surface area contributed by atoms with Crippen LogP contribution in [0.5, 0.6) is 5.75 Å². The maximum Gasteiger partial charge on any atom is 0.331 e. The number of ether oxygens (including phenoxy) is 1. The van der Waals surface area contributed by atoms with Crippen molar-refractivity contribution in [3.63, 3.8) is 0 Å². The molecule has 7 nitrogen and oxygen atoms in total. The van der Waals surface area contributed by atoms with Crippen LogP contribution in [0.3, 0.4) is 0 Å². The van der Waals surface area contributed by atoms with Crippen LogP contribution in [0.15, 0.2) is 88.6 Å². The van der Waals surface area contributed by atoms with Crippen LogP contribution in [0.1, 0.15) is 24.5 Å². The van der Waals surface area contributed by atoms with Crippen LogP contribution in [0, 0.1) is 0 Å². The summed E-state index contributed by atoms with van der Waals surface area (Å²) >= 11 is 0. The minimum atomic E-state index is -0.514. The van der Waals surface area contributed by atoms with Crippen molar-refractivity contribution in [3.05, 3.63) is 111 Å². The molecular formula is C28H29N3O4. The van der Waals surface area contributed by atoms with E-state index in [-0.39, 0.29) is 12.5 Å². The number of carbonyl (C=O) groups is 1. The van der Waals surface area contributed by atoms with Crippen LogP contribution < -0.4 is 16.0 Å². The average Bonchev–Trinajstić information content (AvgIpc) is 2.88. The fourth-order valence-electron chi connectivity index (χ4n) is 4.01. The summed E-state index contributed by atoms with van der Waals surface area (Å²) in [5, 5.41) is 2.05. The quantitative estimate of drug-likeness (QED) is 0.374. The molecule has 4 rings (SSSR count). The second kappa shape index (κ2) is 10.9. The first-order chi connectivity index (χ1) is 17.0. The molecule has 0 atom stereocenters. The molecule has 0 N–H and O–H groups in total. The molecule has 0 unspecified atom stereocenters. The van der Waals surface area contributed by atoms with E-state index >= 15 is 0 Å². The number of hydrogen-bond donors (Lipinski definition) is 0. The monoisotopic (exact) mass is 471 g/mol. The number of carbonyl (C=O) groups excluding carboxylic acids is 1. The summed E-state index contributed by atoms with van der Waals surface area (Å²) in [6, 6.07) is 22.7. The van der Waals surface area contributed by atoms with Crippen LogP contribution >= 0.6 is 0 Å². The lowest BCUT2D eigenvalue weighted by Crippen LogP contribution is -2.43. The summed E-state index contributed by atoms with van der Waals surface area (Å²) in [6.07, 6.45) is 2.34. The first kappa shape index (κ1) is 24.0. The lowest BCUT2D eigenvalue weighted by molar-refractivity contribution is -0.131. The van der Waals surface area contributed by atoms with E-state index in [9.17, 15) is 14.4 Å². The van der Waals surface area contributed by atoms with Gasteiger partial charge in [-0.3, -0.25) is 18.7 Å². The van der Waals surface area contributed by atoms with Gasteiger partial charge in [-0.15, -0.1) is 0 Å². The van der Waals surface area contributed by atoms with Crippen molar-refractivity contribution in [2.45, 2.75) is 33.0 Å². The highest BCUT2D eigenvalue weighted by atomic mass is 16.5. The molecule has 0 fully saturated rings. The Hall–Kier alpha value is -4.13. The largest absolute Gasteiger partial charge is 0.493 e. The van der Waals surface area contributed by atoms with Crippen LogP contribution in [0.2, 0.25) is 0 Å². The van der Waals surface area contributed by atoms with E-state index < -0.39 is 11.2 Å². The fourth-order valence-corrected chi connectivity index (χ4v) is 4.01. The Morgan fingerprint density at radius 3 is 2.46 bits per heavy atom. The number of rotatable bonds is 9. The highest BCUT2D eigenvalue weighted by molar-refractivity contribution is 5.88. The Kier molecular flexibility index (Phi) is 7.45. The van der Waals surface area contributed by atoms with Gasteiger partial charge in [-0.2, -0.15) is 0 Å². The van der Waals surface area contributed by atoms with Gasteiger partial charge in [0.1, 0.15) is 12.3 Å². The van der Waals surface area contributed by atoms with Gasteiger partial charge in [-0.25, -0.2) is 4.79 Å². The predicted octanol–water partition coefficient (Wildman–Crippen LogP) is 3.66. The zero-order valence-corrected chi connectivity index (χ0v) is 20.0. The fraction of sp³-hybridized carbons (Fsp3) is 0.250. The van der Waals surface area contributed by atoms with Crippen LogP contribution in [-0.4, -0.2) is 33.6 Å². The van der Waals surface area contributed by atoms with E-state index in [4.69, 9.17) is 4.74 Å². The van der Waals surface area contributed by atoms with Crippen LogP contribution in [0.25, 0.3) is 10.8 Å². The molecule has 1 aromatic heterocycles. The highest BCUT2D eigenvalue weighted by Gasteiger charge is 2.17. The Morgan fingerprint density at radius 2 is 1.69 bits per heavy atom. The first-order valence-electron chi connectivity index (χ1n) is 11.7. The lowest BCUT2D eigenvalue weighted by Gasteiger charge is -2.21. The third-order valence-corrected chi connectivity index (χ3v) is 5.91. The van der Waals surface area contributed by atoms with Gasteiger partial charge < -0.3 is 9.64 Å². The molecule has 0 radical (unpaired) electrons. The summed E-state index contributed by atoms with van der Waals surface area (Å²) in [7, 11) is 1.67. The molecule has 0 saturated heterocycles. The molecule has 0 spiro atoms. The predicted molar refractivity (Wildman–Crippen MR) is 137 cm³/mol. The summed E-state index contributed by atoms with van der Waals surface area (Å²) in [5.41, 5.74) is 0.812. The SMILES string of the molecule is CCCOc1ccc2ccccc2c1CN(C)C(=O)Cn1c(=O)ccn(Cc2ccccc2)c1=O. The smallest absolute Gasteiger partial charge is 0.331 e. The Bertz CT molecular complexity index is 1440. The van der Waals surface area contributed by atoms with E-state index in [1.807, 2.05) is 73.7 Å². The van der Waals surface area contributed by atoms with Gasteiger partial charge >= 0.3 is 5.69 Å². The van der Waals surface area contributed by atoms with Crippen molar-refractivity contribution in [2.24, 2.45) is 0 Å². The molecule has 0 bridgehead atoms. The number of likely N-dealkylation sites (N-methyl/N-ethyl adjacent to an activating group) is 1. The Labute approximate surface area is 203 Å². The molecule has 0 aliphatic carbocycles. The molecule has 0 aliphatic heterocycles. The van der Waals surface area contributed by atoms with Crippen LogP contribution in [0.4, 0.5) is 0 Å². The summed E-state index contributed by atoms with van der Waals surface area (Å²) in [6.45, 7) is 2.89. The lowest BCUT2D eigenvalue weighted by atomic mass is 10.0. The van der Waals surface area contributed by atoms with Crippen molar-refractivity contribution in [1.29, 1.82) is 0 Å². The van der Waals surface area contributed by atoms with Gasteiger partial charge in [0.05, 0.1) is 13.2 Å².